The summed E-state index contributed by atoms with van der Waals surface area (Å²) >= 11 is 0. The van der Waals surface area contributed by atoms with Crippen molar-refractivity contribution in [2.45, 2.75) is 161 Å². The lowest BCUT2D eigenvalue weighted by molar-refractivity contribution is -0.199. The number of hydrogen-bond donors (Lipinski definition) is 6. The summed E-state index contributed by atoms with van der Waals surface area (Å²) in [7, 11) is -0.741. The Hall–Kier alpha value is -4.80. The van der Waals surface area contributed by atoms with Crippen LogP contribution in [-0.4, -0.2) is 107 Å². The van der Waals surface area contributed by atoms with Gasteiger partial charge in [-0.3, -0.25) is 28.8 Å². The van der Waals surface area contributed by atoms with Gasteiger partial charge in [0.15, 0.2) is 0 Å². The lowest BCUT2D eigenvalue weighted by Gasteiger charge is -2.64. The van der Waals surface area contributed by atoms with Crippen LogP contribution in [0, 0.1) is 17.3 Å². The Kier molecular flexibility index (Phi) is 15.1. The third kappa shape index (κ3) is 10.6. The number of aliphatic hydroxyl groups is 1. The number of nitrogens with one attached hydrogen (secondary N) is 4. The predicted octanol–water partition coefficient (Wildman–Crippen LogP) is 3.58. The van der Waals surface area contributed by atoms with E-state index in [0.29, 0.717) is 36.8 Å². The monoisotopic (exact) mass is 871 g/mol. The molecule has 0 unspecified atom stereocenters. The molecule has 63 heavy (non-hydrogen) atoms. The highest BCUT2D eigenvalue weighted by molar-refractivity contribution is 6.47. The Morgan fingerprint density at radius 1 is 0.857 bits per heavy atom. The SMILES string of the molecule is CCCCCCc1ccc(-c2ccc(C(=O)N3CCC[C@H]3C(=O)N[C@H](C(=O)N[C@@H](C)C(=O)N[C@@H](CC(N)=O)C(=O)N[C@@H](C)B3O[C@@H]4C[C@@H]5C[C@@H](C5(C)C)[C@]4(C)O3)[C@H](C)O)cc2)cc1. The van der Waals surface area contributed by atoms with E-state index < -0.39 is 84.9 Å². The normalized spacial score (nSPS) is 25.7. The van der Waals surface area contributed by atoms with E-state index in [1.807, 2.05) is 12.1 Å². The number of nitrogens with two attached hydrogens (primary N) is 1. The summed E-state index contributed by atoms with van der Waals surface area (Å²) in [6.45, 7) is 13.5. The van der Waals surface area contributed by atoms with Crippen LogP contribution in [-0.2, 0) is 39.7 Å². The van der Waals surface area contributed by atoms with Crippen LogP contribution in [0.1, 0.15) is 122 Å². The lowest BCUT2D eigenvalue weighted by atomic mass is 9.43. The minimum absolute atomic E-state index is 0.110. The average Bonchev–Trinajstić information content (AvgIpc) is 3.89. The number of aliphatic hydroxyl groups excluding tert-OH is 1. The van der Waals surface area contributed by atoms with Gasteiger partial charge < -0.3 is 46.3 Å². The van der Waals surface area contributed by atoms with Gasteiger partial charge in [-0.25, -0.2) is 0 Å². The fourth-order valence-electron chi connectivity index (χ4n) is 10.1. The summed E-state index contributed by atoms with van der Waals surface area (Å²) in [5, 5.41) is 21.0. The number of nitrogens with zero attached hydrogens (tertiary/aromatic N) is 1. The molecular weight excluding hydrogens is 803 g/mol. The van der Waals surface area contributed by atoms with Crippen LogP contribution in [0.2, 0.25) is 0 Å². The number of primary amides is 1. The van der Waals surface area contributed by atoms with E-state index in [-0.39, 0.29) is 17.4 Å². The Morgan fingerprint density at radius 3 is 2.14 bits per heavy atom. The molecule has 10 atom stereocenters. The van der Waals surface area contributed by atoms with Crippen LogP contribution in [0.15, 0.2) is 48.5 Å². The molecule has 16 heteroatoms. The van der Waals surface area contributed by atoms with Crippen LogP contribution in [0.5, 0.6) is 0 Å². The number of rotatable bonds is 19. The molecule has 0 spiro atoms. The third-order valence-corrected chi connectivity index (χ3v) is 14.2. The minimum atomic E-state index is -1.48. The van der Waals surface area contributed by atoms with Crippen LogP contribution in [0.4, 0.5) is 0 Å². The second kappa shape index (κ2) is 19.9. The van der Waals surface area contributed by atoms with Gasteiger partial charge in [0, 0.05) is 12.1 Å². The van der Waals surface area contributed by atoms with E-state index in [4.69, 9.17) is 15.0 Å². The molecule has 2 aromatic carbocycles. The van der Waals surface area contributed by atoms with Gasteiger partial charge in [-0.15, -0.1) is 0 Å². The number of hydrogen-bond acceptors (Lipinski definition) is 9. The molecule has 15 nitrogen and oxygen atoms in total. The largest absolute Gasteiger partial charge is 0.481 e. The molecule has 2 heterocycles. The maximum absolute atomic E-state index is 13.7. The molecule has 7 N–H and O–H groups in total. The molecule has 342 valence electrons. The van der Waals surface area contributed by atoms with E-state index in [9.17, 15) is 33.9 Å². The second-order valence-electron chi connectivity index (χ2n) is 19.1. The maximum atomic E-state index is 13.7. The van der Waals surface area contributed by atoms with Gasteiger partial charge in [-0.1, -0.05) is 76.4 Å². The number of carbonyl (C=O) groups is 6. The molecule has 0 radical (unpaired) electrons. The van der Waals surface area contributed by atoms with Crippen LogP contribution in [0.3, 0.4) is 0 Å². The molecule has 7 rings (SSSR count). The first-order valence-electron chi connectivity index (χ1n) is 22.9. The third-order valence-electron chi connectivity index (χ3n) is 14.2. The average molecular weight is 871 g/mol. The van der Waals surface area contributed by atoms with Crippen molar-refractivity contribution < 1.29 is 43.2 Å². The van der Waals surface area contributed by atoms with E-state index >= 15 is 0 Å². The molecule has 2 aromatic rings. The van der Waals surface area contributed by atoms with Gasteiger partial charge in [-0.05, 0) is 112 Å². The zero-order valence-electron chi connectivity index (χ0n) is 37.9. The molecule has 3 aliphatic carbocycles. The smallest absolute Gasteiger partial charge is 0.404 e. The molecule has 3 saturated carbocycles. The zero-order chi connectivity index (χ0) is 45.8. The van der Waals surface area contributed by atoms with Gasteiger partial charge in [-0.2, -0.15) is 0 Å². The van der Waals surface area contributed by atoms with Gasteiger partial charge >= 0.3 is 7.12 Å². The first-order chi connectivity index (χ1) is 29.8. The molecule has 2 bridgehead atoms. The number of carbonyl (C=O) groups excluding carboxylic acids is 6. The van der Waals surface area contributed by atoms with Gasteiger partial charge in [0.1, 0.15) is 24.2 Å². The molecule has 2 aliphatic heterocycles. The molecule has 5 aliphatic rings. The van der Waals surface area contributed by atoms with Crippen molar-refractivity contribution >= 4 is 42.6 Å². The maximum Gasteiger partial charge on any atom is 0.481 e. The summed E-state index contributed by atoms with van der Waals surface area (Å²) in [6, 6.07) is 10.7. The van der Waals surface area contributed by atoms with Gasteiger partial charge in [0.2, 0.25) is 29.5 Å². The Morgan fingerprint density at radius 2 is 1.52 bits per heavy atom. The highest BCUT2D eigenvalue weighted by Gasteiger charge is 2.68. The lowest BCUT2D eigenvalue weighted by Crippen LogP contribution is -2.65. The van der Waals surface area contributed by atoms with Crippen molar-refractivity contribution in [1.29, 1.82) is 0 Å². The topological polar surface area (TPSA) is 218 Å². The minimum Gasteiger partial charge on any atom is -0.404 e. The van der Waals surface area contributed by atoms with Crippen molar-refractivity contribution in [3.63, 3.8) is 0 Å². The van der Waals surface area contributed by atoms with Crippen molar-refractivity contribution in [3.05, 3.63) is 59.7 Å². The fraction of sp³-hybridized carbons (Fsp3) is 0.617. The quantitative estimate of drug-likeness (QED) is 0.0897. The summed E-state index contributed by atoms with van der Waals surface area (Å²) in [5.41, 5.74) is 8.81. The molecule has 2 saturated heterocycles. The number of unbranched alkanes of at least 4 members (excludes halogenated alkanes) is 3. The summed E-state index contributed by atoms with van der Waals surface area (Å²) in [5.74, 6) is -3.93. The highest BCUT2D eigenvalue weighted by Crippen LogP contribution is 2.65. The van der Waals surface area contributed by atoms with Crippen LogP contribution >= 0.6 is 0 Å². The molecule has 0 aromatic heterocycles. The zero-order valence-corrected chi connectivity index (χ0v) is 37.9. The van der Waals surface area contributed by atoms with E-state index in [2.05, 4.69) is 73.2 Å². The number of likely N-dealkylation sites (tertiary alicyclic amines) is 1. The van der Waals surface area contributed by atoms with E-state index in [0.717, 1.165) is 30.4 Å². The first-order valence-corrected chi connectivity index (χ1v) is 22.9. The Balaban J connectivity index is 1.01. The summed E-state index contributed by atoms with van der Waals surface area (Å²) in [6.07, 6.45) is 6.73. The van der Waals surface area contributed by atoms with E-state index in [1.54, 1.807) is 19.1 Å². The second-order valence-corrected chi connectivity index (χ2v) is 19.1. The first kappa shape index (κ1) is 47.7. The Labute approximate surface area is 371 Å². The number of aryl methyl sites for hydroxylation is 1. The van der Waals surface area contributed by atoms with Crippen molar-refractivity contribution in [2.75, 3.05) is 6.54 Å². The van der Waals surface area contributed by atoms with Gasteiger partial charge in [0.05, 0.1) is 30.2 Å². The van der Waals surface area contributed by atoms with Crippen molar-refractivity contribution in [1.82, 2.24) is 26.2 Å². The highest BCUT2D eigenvalue weighted by atomic mass is 16.7. The van der Waals surface area contributed by atoms with E-state index in [1.165, 1.54) is 50.0 Å². The molecular formula is C47H67BN6O9. The van der Waals surface area contributed by atoms with Crippen LogP contribution < -0.4 is 27.0 Å². The van der Waals surface area contributed by atoms with Crippen LogP contribution in [0.25, 0.3) is 11.1 Å². The fourth-order valence-corrected chi connectivity index (χ4v) is 10.1. The summed E-state index contributed by atoms with van der Waals surface area (Å²) in [4.78, 5) is 81.2. The van der Waals surface area contributed by atoms with Crippen molar-refractivity contribution in [3.8, 4) is 11.1 Å². The number of amides is 6. The van der Waals surface area contributed by atoms with Gasteiger partial charge in [0.25, 0.3) is 5.91 Å². The number of benzene rings is 2. The summed E-state index contributed by atoms with van der Waals surface area (Å²) < 4.78 is 12.8. The van der Waals surface area contributed by atoms with Crippen molar-refractivity contribution in [2.24, 2.45) is 23.0 Å². The standard InChI is InChI=1S/C47H67BN6O9/c1-8-9-10-11-13-30-15-17-31(18-16-30)32-19-21-33(22-20-32)45(61)54-23-12-14-36(54)43(59)53-40(28(3)55)44(60)50-27(2)41(57)52-35(26-39(49)56)42(58)51-29(4)48-62-38-25-34-24-37(46(34,5)6)47(38,7)63-48/h15-22,27-29,34-38,40,55H,8-14,23-26H2,1-7H3,(H2,49,56)(H,50,60)(H,51,58)(H,52,57)(H,53,59)/t27-,28-,29-,34-,35-,36-,37-,38+,40-,47-/m0/s1. The molecule has 5 fully saturated rings. The Bertz CT molecular complexity index is 2000. The molecule has 6 amide bonds. The predicted molar refractivity (Wildman–Crippen MR) is 238 cm³/mol.